The van der Waals surface area contributed by atoms with Crippen LogP contribution >= 0.6 is 0 Å². The fraction of sp³-hybridized carbons (Fsp3) is 0.222. The summed E-state index contributed by atoms with van der Waals surface area (Å²) in [6, 6.07) is 9.92. The lowest BCUT2D eigenvalue weighted by Crippen LogP contribution is -1.92. The molecule has 2 aromatic rings. The van der Waals surface area contributed by atoms with E-state index in [-0.39, 0.29) is 0 Å². The Hall–Kier alpha value is -2.42. The highest BCUT2D eigenvalue weighted by atomic mass is 16.5. The molecule has 0 fully saturated rings. The summed E-state index contributed by atoms with van der Waals surface area (Å²) in [5.74, 6) is 1.60. The van der Waals surface area contributed by atoms with Crippen molar-refractivity contribution in [3.63, 3.8) is 0 Å². The van der Waals surface area contributed by atoms with Crippen LogP contribution in [0.3, 0.4) is 0 Å². The van der Waals surface area contributed by atoms with Gasteiger partial charge in [-0.1, -0.05) is 24.3 Å². The molecule has 0 saturated heterocycles. The van der Waals surface area contributed by atoms with Crippen LogP contribution in [0, 0.1) is 13.8 Å². The van der Waals surface area contributed by atoms with Crippen molar-refractivity contribution < 1.29 is 9.47 Å². The average Bonchev–Trinajstić information content (AvgIpc) is 2.48. The predicted molar refractivity (Wildman–Crippen MR) is 88.8 cm³/mol. The van der Waals surface area contributed by atoms with Crippen LogP contribution in [0.4, 0.5) is 5.69 Å². The molecule has 2 N–H and O–H groups in total. The zero-order chi connectivity index (χ0) is 15.4. The molecule has 0 unspecified atom stereocenters. The normalized spacial score (nSPS) is 10.9. The van der Waals surface area contributed by atoms with E-state index in [1.807, 2.05) is 30.3 Å². The molecule has 0 aliphatic heterocycles. The summed E-state index contributed by atoms with van der Waals surface area (Å²) in [5, 5.41) is 0. The maximum Gasteiger partial charge on any atom is 0.141 e. The van der Waals surface area contributed by atoms with E-state index in [0.717, 1.165) is 16.9 Å². The molecule has 3 nitrogen and oxygen atoms in total. The molecule has 0 amide bonds. The lowest BCUT2D eigenvalue weighted by Gasteiger charge is -2.09. The second-order valence-corrected chi connectivity index (χ2v) is 5.00. The van der Waals surface area contributed by atoms with E-state index >= 15 is 0 Å². The van der Waals surface area contributed by atoms with Crippen molar-refractivity contribution in [3.05, 3.63) is 52.6 Å². The lowest BCUT2D eigenvalue weighted by molar-refractivity contribution is 0.411. The first kappa shape index (κ1) is 15.0. The van der Waals surface area contributed by atoms with Gasteiger partial charge in [0.05, 0.1) is 19.9 Å². The van der Waals surface area contributed by atoms with E-state index in [4.69, 9.17) is 15.2 Å². The van der Waals surface area contributed by atoms with Crippen molar-refractivity contribution in [1.82, 2.24) is 0 Å². The standard InChI is InChI=1S/C18H21NO2/c1-12-9-15(11-18(21-4)13(12)2)6-5-14-7-8-17(20-3)16(19)10-14/h5-11H,19H2,1-4H3/b6-5+. The summed E-state index contributed by atoms with van der Waals surface area (Å²) in [7, 11) is 3.31. The quantitative estimate of drug-likeness (QED) is 0.679. The molecule has 0 atom stereocenters. The molecule has 0 heterocycles. The molecule has 0 aliphatic rings. The Balaban J connectivity index is 2.29. The van der Waals surface area contributed by atoms with Gasteiger partial charge in [-0.05, 0) is 54.3 Å². The second-order valence-electron chi connectivity index (χ2n) is 5.00. The number of nitrogens with two attached hydrogens (primary N) is 1. The topological polar surface area (TPSA) is 44.5 Å². The highest BCUT2D eigenvalue weighted by molar-refractivity contribution is 5.73. The lowest BCUT2D eigenvalue weighted by atomic mass is 10.0. The Labute approximate surface area is 126 Å². The number of nitrogen functional groups attached to an aromatic ring is 1. The summed E-state index contributed by atoms with van der Waals surface area (Å²) in [4.78, 5) is 0. The molecular weight excluding hydrogens is 262 g/mol. The first-order valence-electron chi connectivity index (χ1n) is 6.82. The Morgan fingerprint density at radius 2 is 1.52 bits per heavy atom. The largest absolute Gasteiger partial charge is 0.496 e. The number of hydrogen-bond donors (Lipinski definition) is 1. The van der Waals surface area contributed by atoms with Crippen molar-refractivity contribution in [1.29, 1.82) is 0 Å². The minimum absolute atomic E-state index is 0.636. The zero-order valence-electron chi connectivity index (χ0n) is 12.9. The monoisotopic (exact) mass is 283 g/mol. The maximum atomic E-state index is 5.91. The van der Waals surface area contributed by atoms with E-state index in [1.54, 1.807) is 14.2 Å². The van der Waals surface area contributed by atoms with Gasteiger partial charge in [0.2, 0.25) is 0 Å². The molecule has 0 aromatic heterocycles. The van der Waals surface area contributed by atoms with Gasteiger partial charge < -0.3 is 15.2 Å². The number of aryl methyl sites for hydroxylation is 1. The summed E-state index contributed by atoms with van der Waals surface area (Å²) >= 11 is 0. The molecule has 0 spiro atoms. The minimum atomic E-state index is 0.636. The second kappa shape index (κ2) is 6.35. The third-order valence-corrected chi connectivity index (χ3v) is 3.58. The molecule has 2 aromatic carbocycles. The van der Waals surface area contributed by atoms with E-state index in [1.165, 1.54) is 11.1 Å². The molecule has 0 bridgehead atoms. The van der Waals surface area contributed by atoms with Gasteiger partial charge in [-0.25, -0.2) is 0 Å². The molecule has 0 saturated carbocycles. The fourth-order valence-corrected chi connectivity index (χ4v) is 2.21. The summed E-state index contributed by atoms with van der Waals surface area (Å²) in [6.45, 7) is 4.15. The predicted octanol–water partition coefficient (Wildman–Crippen LogP) is 4.07. The van der Waals surface area contributed by atoms with Crippen LogP contribution < -0.4 is 15.2 Å². The van der Waals surface area contributed by atoms with Crippen LogP contribution in [-0.4, -0.2) is 14.2 Å². The van der Waals surface area contributed by atoms with Gasteiger partial charge >= 0.3 is 0 Å². The third-order valence-electron chi connectivity index (χ3n) is 3.58. The number of methoxy groups -OCH3 is 2. The molecule has 110 valence electrons. The van der Waals surface area contributed by atoms with Gasteiger partial charge in [0.1, 0.15) is 11.5 Å². The summed E-state index contributed by atoms with van der Waals surface area (Å²) < 4.78 is 10.6. The van der Waals surface area contributed by atoms with Gasteiger partial charge in [0.15, 0.2) is 0 Å². The fourth-order valence-electron chi connectivity index (χ4n) is 2.21. The van der Waals surface area contributed by atoms with Crippen molar-refractivity contribution >= 4 is 17.8 Å². The molecule has 0 radical (unpaired) electrons. The Morgan fingerprint density at radius 3 is 2.14 bits per heavy atom. The van der Waals surface area contributed by atoms with Crippen LogP contribution in [0.5, 0.6) is 11.5 Å². The summed E-state index contributed by atoms with van der Waals surface area (Å²) in [6.07, 6.45) is 4.08. The average molecular weight is 283 g/mol. The SMILES string of the molecule is COc1ccc(/C=C/c2cc(C)c(C)c(OC)c2)cc1N. The minimum Gasteiger partial charge on any atom is -0.496 e. The Kier molecular flexibility index (Phi) is 4.53. The zero-order valence-corrected chi connectivity index (χ0v) is 12.9. The maximum absolute atomic E-state index is 5.91. The molecule has 0 aliphatic carbocycles. The molecule has 3 heteroatoms. The van der Waals surface area contributed by atoms with Gasteiger partial charge in [-0.3, -0.25) is 0 Å². The van der Waals surface area contributed by atoms with Crippen LogP contribution in [-0.2, 0) is 0 Å². The van der Waals surface area contributed by atoms with Crippen LogP contribution in [0.1, 0.15) is 22.3 Å². The van der Waals surface area contributed by atoms with Crippen molar-refractivity contribution in [2.45, 2.75) is 13.8 Å². The first-order chi connectivity index (χ1) is 10.0. The van der Waals surface area contributed by atoms with E-state index in [9.17, 15) is 0 Å². The smallest absolute Gasteiger partial charge is 0.141 e. The van der Waals surface area contributed by atoms with Gasteiger partial charge in [-0.15, -0.1) is 0 Å². The van der Waals surface area contributed by atoms with Crippen molar-refractivity contribution in [2.75, 3.05) is 20.0 Å². The van der Waals surface area contributed by atoms with Gasteiger partial charge in [0, 0.05) is 0 Å². The van der Waals surface area contributed by atoms with E-state index in [2.05, 4.69) is 26.0 Å². The Bertz CT molecular complexity index is 675. The van der Waals surface area contributed by atoms with E-state index < -0.39 is 0 Å². The molecular formula is C18H21NO2. The number of benzene rings is 2. The first-order valence-corrected chi connectivity index (χ1v) is 6.82. The third kappa shape index (κ3) is 3.37. The summed E-state index contributed by atoms with van der Waals surface area (Å²) in [5.41, 5.74) is 11.1. The number of rotatable bonds is 4. The Morgan fingerprint density at radius 1 is 0.857 bits per heavy atom. The van der Waals surface area contributed by atoms with Crippen molar-refractivity contribution in [3.8, 4) is 11.5 Å². The van der Waals surface area contributed by atoms with Crippen LogP contribution in [0.15, 0.2) is 30.3 Å². The number of hydrogen-bond acceptors (Lipinski definition) is 3. The van der Waals surface area contributed by atoms with Gasteiger partial charge in [-0.2, -0.15) is 0 Å². The van der Waals surface area contributed by atoms with Crippen LogP contribution in [0.2, 0.25) is 0 Å². The number of ether oxygens (including phenoxy) is 2. The molecule has 2 rings (SSSR count). The number of anilines is 1. The van der Waals surface area contributed by atoms with Gasteiger partial charge in [0.25, 0.3) is 0 Å². The van der Waals surface area contributed by atoms with Crippen LogP contribution in [0.25, 0.3) is 12.2 Å². The highest BCUT2D eigenvalue weighted by Crippen LogP contribution is 2.26. The van der Waals surface area contributed by atoms with E-state index in [0.29, 0.717) is 11.4 Å². The van der Waals surface area contributed by atoms with Crippen molar-refractivity contribution in [2.24, 2.45) is 0 Å². The highest BCUT2D eigenvalue weighted by Gasteiger charge is 2.03. The molecule has 21 heavy (non-hydrogen) atoms.